The number of hydrogen-bond donors (Lipinski definition) is 2. The number of nitro benzene ring substituents is 1. The lowest BCUT2D eigenvalue weighted by molar-refractivity contribution is -0.384. The van der Waals surface area contributed by atoms with Crippen molar-refractivity contribution in [3.8, 4) is 11.3 Å². The van der Waals surface area contributed by atoms with Gasteiger partial charge in [0.05, 0.1) is 22.2 Å². The molecule has 0 radical (unpaired) electrons. The van der Waals surface area contributed by atoms with Crippen molar-refractivity contribution in [1.82, 2.24) is 5.32 Å². The lowest BCUT2D eigenvalue weighted by atomic mass is 10.2. The summed E-state index contributed by atoms with van der Waals surface area (Å²) in [4.78, 5) is 10.2. The fourth-order valence-corrected chi connectivity index (χ4v) is 2.87. The van der Waals surface area contributed by atoms with E-state index >= 15 is 0 Å². The number of nitrogens with zero attached hydrogens (tertiary/aromatic N) is 1. The van der Waals surface area contributed by atoms with Gasteiger partial charge >= 0.3 is 0 Å². The number of benzene rings is 2. The first kappa shape index (κ1) is 22.0. The van der Waals surface area contributed by atoms with Crippen LogP contribution < -0.4 is 10.6 Å². The number of hydrogen-bond acceptors (Lipinski definition) is 5. The first-order valence-electron chi connectivity index (χ1n) is 8.26. The molecule has 2 N–H and O–H groups in total. The molecule has 0 aliphatic heterocycles. The van der Waals surface area contributed by atoms with Gasteiger partial charge in [0.1, 0.15) is 11.5 Å². The number of halogens is 3. The first-order valence-corrected chi connectivity index (χ1v) is 9.02. The maximum Gasteiger partial charge on any atom is 0.271 e. The monoisotopic (exact) mass is 441 g/mol. The van der Waals surface area contributed by atoms with Gasteiger partial charge in [-0.2, -0.15) is 0 Å². The Kier molecular flexibility index (Phi) is 8.14. The molecule has 0 fully saturated rings. The largest absolute Gasteiger partial charge is 0.460 e. The van der Waals surface area contributed by atoms with Gasteiger partial charge in [0, 0.05) is 35.8 Å². The Hall–Kier alpha value is -2.25. The van der Waals surface area contributed by atoms with Crippen LogP contribution in [0.5, 0.6) is 0 Å². The molecule has 0 spiro atoms. The smallest absolute Gasteiger partial charge is 0.271 e. The molecule has 0 saturated carbocycles. The normalized spacial score (nSPS) is 10.4. The van der Waals surface area contributed by atoms with Crippen LogP contribution in [0.15, 0.2) is 59.0 Å². The van der Waals surface area contributed by atoms with E-state index in [4.69, 9.17) is 27.6 Å². The zero-order valence-electron chi connectivity index (χ0n) is 14.7. The van der Waals surface area contributed by atoms with Gasteiger partial charge in [-0.25, -0.2) is 0 Å². The summed E-state index contributed by atoms with van der Waals surface area (Å²) in [7, 11) is 0. The summed E-state index contributed by atoms with van der Waals surface area (Å²) in [5.41, 5.74) is 1.60. The summed E-state index contributed by atoms with van der Waals surface area (Å²) in [6, 6.07) is 15.7. The summed E-state index contributed by atoms with van der Waals surface area (Å²) in [6.07, 6.45) is 0. The highest BCUT2D eigenvalue weighted by molar-refractivity contribution is 6.33. The Labute approximate surface area is 178 Å². The van der Waals surface area contributed by atoms with Crippen LogP contribution in [-0.4, -0.2) is 18.0 Å². The second kappa shape index (κ2) is 10.3. The third-order valence-electron chi connectivity index (χ3n) is 3.87. The molecule has 6 nitrogen and oxygen atoms in total. The highest BCUT2D eigenvalue weighted by Crippen LogP contribution is 2.26. The van der Waals surface area contributed by atoms with Crippen LogP contribution >= 0.6 is 35.6 Å². The fraction of sp³-hybridized carbons (Fsp3) is 0.158. The van der Waals surface area contributed by atoms with Crippen molar-refractivity contribution in [3.63, 3.8) is 0 Å². The van der Waals surface area contributed by atoms with Gasteiger partial charge in [-0.05, 0) is 42.5 Å². The van der Waals surface area contributed by atoms with E-state index in [-0.39, 0.29) is 18.1 Å². The van der Waals surface area contributed by atoms with Crippen LogP contribution in [0.3, 0.4) is 0 Å². The molecule has 0 saturated heterocycles. The van der Waals surface area contributed by atoms with Gasteiger partial charge < -0.3 is 15.1 Å². The molecule has 3 aromatic rings. The molecule has 9 heteroatoms. The third-order valence-corrected chi connectivity index (χ3v) is 4.44. The molecule has 148 valence electrons. The van der Waals surface area contributed by atoms with Crippen molar-refractivity contribution < 1.29 is 9.34 Å². The number of anilines is 1. The van der Waals surface area contributed by atoms with E-state index in [0.717, 1.165) is 17.1 Å². The lowest BCUT2D eigenvalue weighted by Crippen LogP contribution is -2.21. The topological polar surface area (TPSA) is 80.3 Å². The number of non-ortho nitro benzene ring substituents is 1. The van der Waals surface area contributed by atoms with E-state index in [9.17, 15) is 10.1 Å². The number of nitro groups is 1. The van der Waals surface area contributed by atoms with Crippen molar-refractivity contribution >= 4 is 47.0 Å². The van der Waals surface area contributed by atoms with Crippen LogP contribution in [0, 0.1) is 10.1 Å². The van der Waals surface area contributed by atoms with E-state index in [1.165, 1.54) is 12.1 Å². The molecular weight excluding hydrogens is 425 g/mol. The molecule has 0 bridgehead atoms. The summed E-state index contributed by atoms with van der Waals surface area (Å²) in [5, 5.41) is 18.1. The zero-order valence-corrected chi connectivity index (χ0v) is 17.0. The second-order valence-corrected chi connectivity index (χ2v) is 6.64. The predicted octanol–water partition coefficient (Wildman–Crippen LogP) is 5.79. The van der Waals surface area contributed by atoms with Crippen LogP contribution in [0.2, 0.25) is 10.0 Å². The van der Waals surface area contributed by atoms with Crippen LogP contribution in [-0.2, 0) is 6.54 Å². The Morgan fingerprint density at radius 1 is 1.00 bits per heavy atom. The van der Waals surface area contributed by atoms with Crippen molar-refractivity contribution in [1.29, 1.82) is 0 Å². The standard InChI is InChI=1S/C19H17Cl2N3O3.ClH/c20-14-3-1-13(2-4-14)19-8-6-16(27-19)12-22-9-10-23-18-7-5-15(24(25)26)11-17(18)21;/h1-8,11,22-23H,9-10,12H2;1H. The molecule has 0 aliphatic rings. The average Bonchev–Trinajstić information content (AvgIpc) is 3.12. The van der Waals surface area contributed by atoms with Crippen LogP contribution in [0.1, 0.15) is 5.76 Å². The van der Waals surface area contributed by atoms with E-state index < -0.39 is 4.92 Å². The number of nitrogens with one attached hydrogen (secondary N) is 2. The van der Waals surface area contributed by atoms with Crippen molar-refractivity contribution in [2.24, 2.45) is 0 Å². The Morgan fingerprint density at radius 3 is 2.43 bits per heavy atom. The molecule has 0 atom stereocenters. The van der Waals surface area contributed by atoms with Gasteiger partial charge in [-0.3, -0.25) is 10.1 Å². The summed E-state index contributed by atoms with van der Waals surface area (Å²) in [6.45, 7) is 1.87. The summed E-state index contributed by atoms with van der Waals surface area (Å²) < 4.78 is 5.82. The Morgan fingerprint density at radius 2 is 1.75 bits per heavy atom. The molecular formula is C19H18Cl3N3O3. The highest BCUT2D eigenvalue weighted by Gasteiger charge is 2.09. The molecule has 1 heterocycles. The van der Waals surface area contributed by atoms with E-state index in [0.29, 0.717) is 35.4 Å². The van der Waals surface area contributed by atoms with Crippen molar-refractivity contribution in [2.45, 2.75) is 6.54 Å². The molecule has 1 aromatic heterocycles. The number of furan rings is 1. The van der Waals surface area contributed by atoms with Gasteiger partial charge in [0.25, 0.3) is 5.69 Å². The quantitative estimate of drug-likeness (QED) is 0.262. The minimum Gasteiger partial charge on any atom is -0.460 e. The minimum atomic E-state index is -0.473. The van der Waals surface area contributed by atoms with Gasteiger partial charge in [0.15, 0.2) is 0 Å². The minimum absolute atomic E-state index is 0. The fourth-order valence-electron chi connectivity index (χ4n) is 2.50. The maximum absolute atomic E-state index is 10.7. The summed E-state index contributed by atoms with van der Waals surface area (Å²) >= 11 is 11.9. The van der Waals surface area contributed by atoms with E-state index in [2.05, 4.69) is 10.6 Å². The molecule has 28 heavy (non-hydrogen) atoms. The number of rotatable bonds is 8. The zero-order chi connectivity index (χ0) is 19.2. The van der Waals surface area contributed by atoms with E-state index in [1.807, 2.05) is 36.4 Å². The average molecular weight is 443 g/mol. The van der Waals surface area contributed by atoms with Gasteiger partial charge in [0.2, 0.25) is 0 Å². The molecule has 0 amide bonds. The SMILES string of the molecule is Cl.O=[N+]([O-])c1ccc(NCCNCc2ccc(-c3ccc(Cl)cc3)o2)c(Cl)c1. The van der Waals surface area contributed by atoms with Crippen LogP contribution in [0.25, 0.3) is 11.3 Å². The second-order valence-electron chi connectivity index (χ2n) is 5.80. The molecule has 3 rings (SSSR count). The molecule has 0 unspecified atom stereocenters. The maximum atomic E-state index is 10.7. The van der Waals surface area contributed by atoms with Crippen molar-refractivity contribution in [2.75, 3.05) is 18.4 Å². The highest BCUT2D eigenvalue weighted by atomic mass is 35.5. The van der Waals surface area contributed by atoms with Gasteiger partial charge in [-0.1, -0.05) is 23.2 Å². The Bertz CT molecular complexity index is 930. The van der Waals surface area contributed by atoms with Crippen LogP contribution in [0.4, 0.5) is 11.4 Å². The summed E-state index contributed by atoms with van der Waals surface area (Å²) in [5.74, 6) is 1.62. The molecule has 2 aromatic carbocycles. The molecule has 0 aliphatic carbocycles. The predicted molar refractivity (Wildman–Crippen MR) is 115 cm³/mol. The third kappa shape index (κ3) is 5.87. The van der Waals surface area contributed by atoms with Crippen molar-refractivity contribution in [3.05, 3.63) is 80.5 Å². The van der Waals surface area contributed by atoms with E-state index in [1.54, 1.807) is 6.07 Å². The van der Waals surface area contributed by atoms with Gasteiger partial charge in [-0.15, -0.1) is 12.4 Å². The Balaban J connectivity index is 0.00000280. The lowest BCUT2D eigenvalue weighted by Gasteiger charge is -2.08. The first-order chi connectivity index (χ1) is 13.0.